The lowest BCUT2D eigenvalue weighted by atomic mass is 9.97. The molecule has 0 amide bonds. The minimum atomic E-state index is -3.70. The van der Waals surface area contributed by atoms with Gasteiger partial charge in [0.2, 0.25) is 0 Å². The molecule has 1 aromatic carbocycles. The second kappa shape index (κ2) is 7.96. The largest absolute Gasteiger partial charge is 0.327 e. The average molecular weight is 457 g/mol. The number of sulfonamides is 1. The smallest absolute Gasteiger partial charge is 0.254 e. The van der Waals surface area contributed by atoms with Crippen molar-refractivity contribution >= 4 is 27.1 Å². The van der Waals surface area contributed by atoms with Crippen LogP contribution in [0.2, 0.25) is 0 Å². The van der Waals surface area contributed by atoms with Gasteiger partial charge in [0, 0.05) is 18.2 Å². The summed E-state index contributed by atoms with van der Waals surface area (Å²) in [5.74, 6) is -0.0291. The number of Topliss-reactive ketones (excluding diaryl/α,β-unsaturated/α-hetero) is 1. The fourth-order valence-corrected chi connectivity index (χ4v) is 7.40. The van der Waals surface area contributed by atoms with Gasteiger partial charge in [-0.3, -0.25) is 4.79 Å². The summed E-state index contributed by atoms with van der Waals surface area (Å²) in [4.78, 5) is 19.9. The van der Waals surface area contributed by atoms with Crippen LogP contribution in [0.3, 0.4) is 0 Å². The topological polar surface area (TPSA) is 85.2 Å². The molecule has 31 heavy (non-hydrogen) atoms. The highest BCUT2D eigenvalue weighted by atomic mass is 32.2. The first-order valence-corrected chi connectivity index (χ1v) is 12.8. The number of ketones is 1. The minimum Gasteiger partial charge on any atom is -0.327 e. The van der Waals surface area contributed by atoms with E-state index in [4.69, 9.17) is 0 Å². The van der Waals surface area contributed by atoms with Crippen molar-refractivity contribution in [1.82, 2.24) is 18.8 Å². The number of imidazole rings is 1. The maximum atomic E-state index is 13.5. The van der Waals surface area contributed by atoms with Gasteiger partial charge in [0.05, 0.1) is 36.9 Å². The molecule has 0 radical (unpaired) electrons. The zero-order valence-electron chi connectivity index (χ0n) is 17.3. The van der Waals surface area contributed by atoms with Crippen molar-refractivity contribution < 1.29 is 13.2 Å². The third kappa shape index (κ3) is 3.86. The third-order valence-electron chi connectivity index (χ3n) is 5.90. The molecule has 2 fully saturated rings. The van der Waals surface area contributed by atoms with Gasteiger partial charge in [-0.1, -0.05) is 24.3 Å². The third-order valence-corrected chi connectivity index (χ3v) is 9.24. The molecule has 7 nitrogen and oxygen atoms in total. The number of hydrogen-bond donors (Lipinski definition) is 0. The Morgan fingerprint density at radius 1 is 1.19 bits per heavy atom. The second-order valence-corrected chi connectivity index (χ2v) is 11.5. The number of carbonyl (C=O) groups excluding carboxylic acids is 1. The van der Waals surface area contributed by atoms with Crippen molar-refractivity contribution in [1.29, 1.82) is 0 Å². The Balaban J connectivity index is 1.51. The number of thiazole rings is 1. The van der Waals surface area contributed by atoms with Crippen LogP contribution in [-0.4, -0.2) is 39.6 Å². The van der Waals surface area contributed by atoms with Gasteiger partial charge in [-0.05, 0) is 38.2 Å². The number of nitrogens with zero attached hydrogens (tertiary/aromatic N) is 4. The highest BCUT2D eigenvalue weighted by Crippen LogP contribution is 2.43. The zero-order chi connectivity index (χ0) is 21.6. The fourth-order valence-electron chi connectivity index (χ4n) is 4.34. The van der Waals surface area contributed by atoms with Crippen molar-refractivity contribution in [2.75, 3.05) is 6.54 Å². The first-order valence-electron chi connectivity index (χ1n) is 10.5. The van der Waals surface area contributed by atoms with Crippen LogP contribution in [0.5, 0.6) is 0 Å². The van der Waals surface area contributed by atoms with Crippen LogP contribution in [0.1, 0.15) is 55.3 Å². The molecule has 9 heteroatoms. The van der Waals surface area contributed by atoms with Gasteiger partial charge in [-0.15, -0.1) is 11.3 Å². The summed E-state index contributed by atoms with van der Waals surface area (Å²) in [6.07, 6.45) is 9.20. The van der Waals surface area contributed by atoms with Gasteiger partial charge in [0.1, 0.15) is 10.8 Å². The maximum absolute atomic E-state index is 13.5. The summed E-state index contributed by atoms with van der Waals surface area (Å²) in [5, 5.41) is 0.538. The lowest BCUT2D eigenvalue weighted by molar-refractivity contribution is -0.116. The minimum absolute atomic E-state index is 0.0291. The van der Waals surface area contributed by atoms with E-state index in [2.05, 4.69) is 20.6 Å². The van der Waals surface area contributed by atoms with E-state index in [0.717, 1.165) is 53.8 Å². The average Bonchev–Trinajstić information content (AvgIpc) is 3.16. The summed E-state index contributed by atoms with van der Waals surface area (Å²) in [6.45, 7) is 1.96. The van der Waals surface area contributed by atoms with Gasteiger partial charge >= 0.3 is 0 Å². The molecule has 3 aromatic rings. The van der Waals surface area contributed by atoms with Gasteiger partial charge < -0.3 is 4.57 Å². The Morgan fingerprint density at radius 2 is 2.00 bits per heavy atom. The van der Waals surface area contributed by atoms with Crippen molar-refractivity contribution in [3.63, 3.8) is 0 Å². The molecular formula is C22H24N4O3S2. The SMILES string of the molecule is CC(=O)Cc1ncc(S(=O)(=O)N2CCCC2c2ccccc2-c2cncn2C2CC2)s1. The van der Waals surface area contributed by atoms with Gasteiger partial charge in [0.15, 0.2) is 4.21 Å². The van der Waals surface area contributed by atoms with E-state index in [-0.39, 0.29) is 22.5 Å². The molecule has 2 aliphatic rings. The summed E-state index contributed by atoms with van der Waals surface area (Å²) in [6, 6.07) is 8.32. The summed E-state index contributed by atoms with van der Waals surface area (Å²) in [5.41, 5.74) is 3.10. The molecule has 3 heterocycles. The standard InChI is InChI=1S/C22H24N4O3S2/c1-15(27)11-21-24-13-22(30-21)31(28,29)26-10-4-7-19(26)17-5-2-3-6-18(17)20-12-23-14-25(20)16-8-9-16/h2-3,5-6,12-14,16,19H,4,7-11H2,1H3. The summed E-state index contributed by atoms with van der Waals surface area (Å²) in [7, 11) is -3.70. The lowest BCUT2D eigenvalue weighted by Crippen LogP contribution is -2.30. The van der Waals surface area contributed by atoms with Crippen LogP contribution in [-0.2, 0) is 21.2 Å². The fraction of sp³-hybridized carbons (Fsp3) is 0.409. The van der Waals surface area contributed by atoms with E-state index in [0.29, 0.717) is 17.6 Å². The zero-order valence-corrected chi connectivity index (χ0v) is 18.9. The van der Waals surface area contributed by atoms with Crippen LogP contribution in [0.15, 0.2) is 47.2 Å². The van der Waals surface area contributed by atoms with Gasteiger partial charge in [-0.25, -0.2) is 18.4 Å². The van der Waals surface area contributed by atoms with Crippen LogP contribution in [0.4, 0.5) is 0 Å². The first-order chi connectivity index (χ1) is 14.9. The predicted molar refractivity (Wildman–Crippen MR) is 118 cm³/mol. The van der Waals surface area contributed by atoms with Gasteiger partial charge in [0.25, 0.3) is 10.0 Å². The lowest BCUT2D eigenvalue weighted by Gasteiger charge is -2.25. The number of aromatic nitrogens is 3. The Bertz CT molecular complexity index is 1230. The van der Waals surface area contributed by atoms with Crippen LogP contribution < -0.4 is 0 Å². The molecule has 1 atom stereocenters. The number of hydrogen-bond acceptors (Lipinski definition) is 6. The molecule has 162 valence electrons. The van der Waals surface area contributed by atoms with Crippen molar-refractivity contribution in [2.24, 2.45) is 0 Å². The van der Waals surface area contributed by atoms with E-state index in [9.17, 15) is 13.2 Å². The van der Waals surface area contributed by atoms with Crippen LogP contribution >= 0.6 is 11.3 Å². The van der Waals surface area contributed by atoms with Crippen LogP contribution in [0.25, 0.3) is 11.3 Å². The molecule has 1 saturated heterocycles. The Kier molecular flexibility index (Phi) is 5.27. The second-order valence-electron chi connectivity index (χ2n) is 8.23. The number of rotatable bonds is 7. The Morgan fingerprint density at radius 3 is 2.77 bits per heavy atom. The molecule has 2 aromatic heterocycles. The molecular weight excluding hydrogens is 432 g/mol. The van der Waals surface area contributed by atoms with Crippen molar-refractivity contribution in [3.05, 3.63) is 53.6 Å². The Hall–Kier alpha value is -2.36. The van der Waals surface area contributed by atoms with E-state index in [1.807, 2.05) is 30.7 Å². The molecule has 5 rings (SSSR count). The quantitative estimate of drug-likeness (QED) is 0.536. The molecule has 0 N–H and O–H groups in total. The molecule has 1 saturated carbocycles. The van der Waals surface area contributed by atoms with E-state index >= 15 is 0 Å². The van der Waals surface area contributed by atoms with Crippen molar-refractivity contribution in [3.8, 4) is 11.3 Å². The molecule has 1 aliphatic carbocycles. The number of benzene rings is 1. The highest BCUT2D eigenvalue weighted by molar-refractivity contribution is 7.91. The van der Waals surface area contributed by atoms with E-state index in [1.54, 1.807) is 4.31 Å². The predicted octanol–water partition coefficient (Wildman–Crippen LogP) is 4.00. The maximum Gasteiger partial charge on any atom is 0.254 e. The van der Waals surface area contributed by atoms with Gasteiger partial charge in [-0.2, -0.15) is 4.31 Å². The molecule has 1 unspecified atom stereocenters. The normalized spacial score (nSPS) is 19.7. The van der Waals surface area contributed by atoms with E-state index in [1.165, 1.54) is 13.1 Å². The van der Waals surface area contributed by atoms with Crippen molar-refractivity contribution in [2.45, 2.75) is 55.3 Å². The Labute approximate surface area is 185 Å². The van der Waals surface area contributed by atoms with Crippen LogP contribution in [0, 0.1) is 0 Å². The molecule has 0 bridgehead atoms. The number of carbonyl (C=O) groups is 1. The molecule has 1 aliphatic heterocycles. The summed E-state index contributed by atoms with van der Waals surface area (Å²) >= 11 is 1.09. The highest BCUT2D eigenvalue weighted by Gasteiger charge is 2.39. The van der Waals surface area contributed by atoms with E-state index < -0.39 is 10.0 Å². The summed E-state index contributed by atoms with van der Waals surface area (Å²) < 4.78 is 31.0. The molecule has 0 spiro atoms. The first kappa shape index (κ1) is 20.5. The monoisotopic (exact) mass is 456 g/mol.